The van der Waals surface area contributed by atoms with Gasteiger partial charge in [0.05, 0.1) is 18.4 Å². The van der Waals surface area contributed by atoms with E-state index in [1.54, 1.807) is 48.7 Å². The molecule has 0 aromatic heterocycles. The smallest absolute Gasteiger partial charge is 0.138 e. The second-order valence-electron chi connectivity index (χ2n) is 6.34. The van der Waals surface area contributed by atoms with Crippen molar-refractivity contribution in [1.29, 1.82) is 0 Å². The molecule has 0 fully saturated rings. The summed E-state index contributed by atoms with van der Waals surface area (Å²) >= 11 is 6.10. The van der Waals surface area contributed by atoms with E-state index in [2.05, 4.69) is 10.5 Å². The highest BCUT2D eigenvalue weighted by Crippen LogP contribution is 2.36. The Morgan fingerprint density at radius 3 is 2.55 bits per heavy atom. The fourth-order valence-corrected chi connectivity index (χ4v) is 3.30. The number of hydrogen-bond donors (Lipinski definition) is 2. The van der Waals surface area contributed by atoms with Crippen LogP contribution in [0.5, 0.6) is 5.75 Å². The van der Waals surface area contributed by atoms with Gasteiger partial charge in [-0.25, -0.2) is 4.39 Å². The third-order valence-corrected chi connectivity index (χ3v) is 4.73. The topological polar surface area (TPSA) is 62.9 Å². The Morgan fingerprint density at radius 2 is 1.93 bits per heavy atom. The van der Waals surface area contributed by atoms with Crippen LogP contribution < -0.4 is 21.1 Å². The lowest BCUT2D eigenvalue weighted by Crippen LogP contribution is -2.42. The molecule has 0 aliphatic carbocycles. The number of nitrogens with two attached hydrogens (primary N) is 1. The minimum Gasteiger partial charge on any atom is -0.496 e. The molecule has 0 aliphatic heterocycles. The minimum atomic E-state index is -0.320. The molecule has 29 heavy (non-hydrogen) atoms. The number of aliphatic imine (C=N–C) groups is 1. The molecule has 0 aliphatic rings. The summed E-state index contributed by atoms with van der Waals surface area (Å²) < 4.78 is 20.8. The molecule has 0 saturated carbocycles. The van der Waals surface area contributed by atoms with Crippen molar-refractivity contribution in [2.24, 2.45) is 10.8 Å². The standard InChI is InChI=1S/C22H22ClFN4O/c1-26-14-28(27-25)19-9-6-15(7-10-19)12-17-8-11-20(29-2)21(22(17)24)16-4-3-5-18(23)13-16/h3-11,13-14,27H,12,25H2,1-2H3. The molecule has 0 unspecified atom stereocenters. The molecule has 0 heterocycles. The van der Waals surface area contributed by atoms with Crippen LogP contribution in [-0.4, -0.2) is 20.5 Å². The lowest BCUT2D eigenvalue weighted by Gasteiger charge is -2.17. The SMILES string of the molecule is CN=CN(NN)c1ccc(Cc2ccc(OC)c(-c3cccc(Cl)c3)c2F)cc1. The minimum absolute atomic E-state index is 0.320. The first-order chi connectivity index (χ1) is 14.1. The molecule has 0 saturated heterocycles. The predicted molar refractivity (Wildman–Crippen MR) is 117 cm³/mol. The van der Waals surface area contributed by atoms with Crippen molar-refractivity contribution in [3.05, 3.63) is 82.6 Å². The second kappa shape index (κ2) is 9.52. The van der Waals surface area contributed by atoms with E-state index in [0.29, 0.717) is 33.9 Å². The number of hydrogen-bond acceptors (Lipinski definition) is 4. The Kier molecular flexibility index (Phi) is 6.82. The number of methoxy groups -OCH3 is 1. The van der Waals surface area contributed by atoms with Crippen LogP contribution in [0.1, 0.15) is 11.1 Å². The Morgan fingerprint density at radius 1 is 1.17 bits per heavy atom. The van der Waals surface area contributed by atoms with E-state index in [1.807, 2.05) is 30.3 Å². The summed E-state index contributed by atoms with van der Waals surface area (Å²) in [6.45, 7) is 0. The molecule has 5 nitrogen and oxygen atoms in total. The van der Waals surface area contributed by atoms with Crippen molar-refractivity contribution >= 4 is 23.6 Å². The lowest BCUT2D eigenvalue weighted by atomic mass is 9.97. The van der Waals surface area contributed by atoms with E-state index in [1.165, 1.54) is 7.11 Å². The summed E-state index contributed by atoms with van der Waals surface area (Å²) in [6, 6.07) is 18.2. The Hall–Kier alpha value is -2.93. The van der Waals surface area contributed by atoms with Crippen LogP contribution in [0.2, 0.25) is 5.02 Å². The zero-order valence-electron chi connectivity index (χ0n) is 16.2. The highest BCUT2D eigenvalue weighted by atomic mass is 35.5. The van der Waals surface area contributed by atoms with Crippen molar-refractivity contribution < 1.29 is 9.13 Å². The highest BCUT2D eigenvalue weighted by Gasteiger charge is 2.17. The van der Waals surface area contributed by atoms with Gasteiger partial charge in [0.2, 0.25) is 0 Å². The van der Waals surface area contributed by atoms with Crippen LogP contribution in [0, 0.1) is 5.82 Å². The fourth-order valence-electron chi connectivity index (χ4n) is 3.11. The van der Waals surface area contributed by atoms with Gasteiger partial charge in [-0.05, 0) is 47.0 Å². The molecule has 0 amide bonds. The van der Waals surface area contributed by atoms with Gasteiger partial charge in [0.15, 0.2) is 0 Å². The lowest BCUT2D eigenvalue weighted by molar-refractivity contribution is 0.413. The summed E-state index contributed by atoms with van der Waals surface area (Å²) in [5.74, 6) is 5.64. The van der Waals surface area contributed by atoms with Gasteiger partial charge < -0.3 is 4.74 Å². The average molecular weight is 413 g/mol. The predicted octanol–water partition coefficient (Wildman–Crippen LogP) is 4.59. The largest absolute Gasteiger partial charge is 0.496 e. The van der Waals surface area contributed by atoms with Crippen LogP contribution in [0.25, 0.3) is 11.1 Å². The van der Waals surface area contributed by atoms with Gasteiger partial charge in [-0.3, -0.25) is 15.8 Å². The number of rotatable bonds is 7. The average Bonchev–Trinajstić information content (AvgIpc) is 2.74. The molecule has 3 aromatic rings. The molecule has 7 heteroatoms. The van der Waals surface area contributed by atoms with E-state index in [-0.39, 0.29) is 5.82 Å². The van der Waals surface area contributed by atoms with E-state index in [9.17, 15) is 0 Å². The van der Waals surface area contributed by atoms with Crippen LogP contribution in [-0.2, 0) is 6.42 Å². The molecule has 0 atom stereocenters. The monoisotopic (exact) mass is 412 g/mol. The molecule has 3 aromatic carbocycles. The summed E-state index contributed by atoms with van der Waals surface area (Å²) in [7, 11) is 3.18. The summed E-state index contributed by atoms with van der Waals surface area (Å²) in [4.78, 5) is 3.93. The zero-order valence-corrected chi connectivity index (χ0v) is 16.9. The summed E-state index contributed by atoms with van der Waals surface area (Å²) in [5.41, 5.74) is 5.96. The van der Waals surface area contributed by atoms with Gasteiger partial charge in [0, 0.05) is 18.5 Å². The van der Waals surface area contributed by atoms with E-state index in [4.69, 9.17) is 22.2 Å². The zero-order chi connectivity index (χ0) is 20.8. The van der Waals surface area contributed by atoms with Crippen LogP contribution in [0.3, 0.4) is 0 Å². The molecule has 3 N–H and O–H groups in total. The molecule has 150 valence electrons. The number of nitrogens with zero attached hydrogens (tertiary/aromatic N) is 2. The van der Waals surface area contributed by atoms with Gasteiger partial charge >= 0.3 is 0 Å². The molecule has 3 rings (SSSR count). The van der Waals surface area contributed by atoms with Crippen LogP contribution in [0.4, 0.5) is 10.1 Å². The first-order valence-corrected chi connectivity index (χ1v) is 9.33. The van der Waals surface area contributed by atoms with E-state index >= 15 is 4.39 Å². The van der Waals surface area contributed by atoms with Crippen molar-refractivity contribution in [1.82, 2.24) is 5.53 Å². The molecule has 0 spiro atoms. The summed E-state index contributed by atoms with van der Waals surface area (Å²) in [6.07, 6.45) is 2.00. The quantitative estimate of drug-likeness (QED) is 0.258. The number of nitrogens with one attached hydrogen (secondary N) is 1. The van der Waals surface area contributed by atoms with Gasteiger partial charge in [-0.2, -0.15) is 5.53 Å². The second-order valence-corrected chi connectivity index (χ2v) is 6.78. The van der Waals surface area contributed by atoms with E-state index < -0.39 is 0 Å². The van der Waals surface area contributed by atoms with Crippen LogP contribution in [0.15, 0.2) is 65.7 Å². The first kappa shape index (κ1) is 20.8. The van der Waals surface area contributed by atoms with E-state index in [0.717, 1.165) is 11.3 Å². The van der Waals surface area contributed by atoms with Crippen molar-refractivity contribution in [3.8, 4) is 16.9 Å². The highest BCUT2D eigenvalue weighted by molar-refractivity contribution is 6.30. The maximum absolute atomic E-state index is 15.4. The van der Waals surface area contributed by atoms with Gasteiger partial charge in [-0.15, -0.1) is 0 Å². The van der Waals surface area contributed by atoms with Gasteiger partial charge in [0.1, 0.15) is 17.9 Å². The van der Waals surface area contributed by atoms with Gasteiger partial charge in [0.25, 0.3) is 0 Å². The summed E-state index contributed by atoms with van der Waals surface area (Å²) in [5, 5.41) is 2.12. The first-order valence-electron chi connectivity index (χ1n) is 8.95. The van der Waals surface area contributed by atoms with Gasteiger partial charge in [-0.1, -0.05) is 41.9 Å². The Balaban J connectivity index is 1.93. The number of benzene rings is 3. The molecule has 0 radical (unpaired) electrons. The maximum Gasteiger partial charge on any atom is 0.138 e. The fraction of sp³-hybridized carbons (Fsp3) is 0.136. The number of ether oxygens (including phenoxy) is 1. The Bertz CT molecular complexity index is 1010. The number of hydrazine groups is 2. The third kappa shape index (κ3) is 4.74. The van der Waals surface area contributed by atoms with Crippen molar-refractivity contribution in [3.63, 3.8) is 0 Å². The molecular formula is C22H22ClFN4O. The number of anilines is 1. The normalized spacial score (nSPS) is 11.1. The van der Waals surface area contributed by atoms with Crippen LogP contribution >= 0.6 is 11.6 Å². The van der Waals surface area contributed by atoms with Crippen molar-refractivity contribution in [2.75, 3.05) is 19.2 Å². The Labute approximate surface area is 174 Å². The maximum atomic E-state index is 15.4. The van der Waals surface area contributed by atoms with Crippen molar-refractivity contribution in [2.45, 2.75) is 6.42 Å². The molecule has 0 bridgehead atoms. The number of halogens is 2. The third-order valence-electron chi connectivity index (χ3n) is 4.50. The molecular weight excluding hydrogens is 391 g/mol.